The molecule has 0 aliphatic carbocycles. The number of carbonyl (C=O) groups is 1. The van der Waals surface area contributed by atoms with Crippen molar-refractivity contribution in [1.29, 1.82) is 0 Å². The lowest BCUT2D eigenvalue weighted by molar-refractivity contribution is -0.119. The quantitative estimate of drug-likeness (QED) is 0.911. The Bertz CT molecular complexity index is 750. The third-order valence-corrected chi connectivity index (χ3v) is 3.77. The predicted molar refractivity (Wildman–Crippen MR) is 88.4 cm³/mol. The van der Waals surface area contributed by atoms with Crippen LogP contribution in [0.25, 0.3) is 0 Å². The van der Waals surface area contributed by atoms with Crippen molar-refractivity contribution in [2.75, 3.05) is 25.7 Å². The zero-order chi connectivity index (χ0) is 17.1. The van der Waals surface area contributed by atoms with E-state index in [1.54, 1.807) is 44.6 Å². The van der Waals surface area contributed by atoms with Crippen LogP contribution in [0.4, 0.5) is 5.69 Å². The van der Waals surface area contributed by atoms with Crippen molar-refractivity contribution in [3.63, 3.8) is 0 Å². The van der Waals surface area contributed by atoms with E-state index in [0.29, 0.717) is 29.7 Å². The van der Waals surface area contributed by atoms with Crippen LogP contribution in [0.15, 0.2) is 36.5 Å². The number of anilines is 1. The molecular weight excluding hydrogens is 310 g/mol. The number of nitrogens with two attached hydrogens (primary N) is 1. The molecule has 126 valence electrons. The summed E-state index contributed by atoms with van der Waals surface area (Å²) in [6.07, 6.45) is 1.66. The molecule has 0 radical (unpaired) electrons. The first-order valence-corrected chi connectivity index (χ1v) is 7.50. The van der Waals surface area contributed by atoms with Crippen molar-refractivity contribution < 1.29 is 19.0 Å². The number of aromatic nitrogens is 1. The van der Waals surface area contributed by atoms with E-state index >= 15 is 0 Å². The number of benzene rings is 1. The van der Waals surface area contributed by atoms with Gasteiger partial charge < -0.3 is 24.8 Å². The monoisotopic (exact) mass is 329 g/mol. The molecule has 0 spiro atoms. The Morgan fingerprint density at radius 1 is 1.38 bits per heavy atom. The summed E-state index contributed by atoms with van der Waals surface area (Å²) in [5.74, 6) is 1.58. The molecule has 2 heterocycles. The highest BCUT2D eigenvalue weighted by Gasteiger charge is 2.26. The molecular formula is C17H19N3O4. The van der Waals surface area contributed by atoms with Crippen molar-refractivity contribution in [3.05, 3.63) is 42.1 Å². The van der Waals surface area contributed by atoms with Gasteiger partial charge in [0.2, 0.25) is 11.8 Å². The molecule has 1 aliphatic heterocycles. The molecule has 0 saturated carbocycles. The van der Waals surface area contributed by atoms with E-state index in [1.165, 1.54) is 4.90 Å². The van der Waals surface area contributed by atoms with E-state index in [4.69, 9.17) is 19.9 Å². The Morgan fingerprint density at radius 2 is 2.21 bits per heavy atom. The minimum atomic E-state index is -0.670. The van der Waals surface area contributed by atoms with E-state index < -0.39 is 6.04 Å². The first-order chi connectivity index (χ1) is 11.6. The molecule has 0 bridgehead atoms. The number of methoxy groups -OCH3 is 1. The van der Waals surface area contributed by atoms with Gasteiger partial charge in [-0.1, -0.05) is 0 Å². The summed E-state index contributed by atoms with van der Waals surface area (Å²) in [5.41, 5.74) is 7.35. The second kappa shape index (κ2) is 6.76. The lowest BCUT2D eigenvalue weighted by atomic mass is 10.2. The first kappa shape index (κ1) is 16.1. The van der Waals surface area contributed by atoms with Crippen LogP contribution in [-0.4, -0.2) is 37.7 Å². The molecule has 1 amide bonds. The fourth-order valence-corrected chi connectivity index (χ4v) is 2.41. The molecule has 24 heavy (non-hydrogen) atoms. The highest BCUT2D eigenvalue weighted by Crippen LogP contribution is 2.34. The minimum Gasteiger partial charge on any atom is -0.489 e. The SMILES string of the molecule is COc1cc(COc2ccc3c(c2)N(C)C(=O)[C@@H](N)CO3)ccn1. The van der Waals surface area contributed by atoms with Crippen LogP contribution in [0.3, 0.4) is 0 Å². The maximum absolute atomic E-state index is 12.1. The molecule has 7 nitrogen and oxygen atoms in total. The van der Waals surface area contributed by atoms with Gasteiger partial charge in [0.05, 0.1) is 12.8 Å². The minimum absolute atomic E-state index is 0.160. The number of likely N-dealkylation sites (N-methyl/N-ethyl adjacent to an activating group) is 1. The maximum atomic E-state index is 12.1. The van der Waals surface area contributed by atoms with Gasteiger partial charge in [-0.3, -0.25) is 4.79 Å². The van der Waals surface area contributed by atoms with Gasteiger partial charge in [-0.25, -0.2) is 4.98 Å². The molecule has 0 saturated heterocycles. The number of pyridine rings is 1. The number of nitrogens with zero attached hydrogens (tertiary/aromatic N) is 2. The lowest BCUT2D eigenvalue weighted by Crippen LogP contribution is -2.43. The van der Waals surface area contributed by atoms with Crippen LogP contribution in [0.1, 0.15) is 5.56 Å². The maximum Gasteiger partial charge on any atom is 0.247 e. The van der Waals surface area contributed by atoms with Crippen molar-refractivity contribution in [3.8, 4) is 17.4 Å². The Kier molecular flexibility index (Phi) is 4.52. The standard InChI is InChI=1S/C17H19N3O4/c1-20-14-8-12(3-4-15(14)24-10-13(18)17(20)21)23-9-11-5-6-19-16(7-11)22-2/h3-8,13H,9-10,18H2,1-2H3/t13-/m0/s1. The van der Waals surface area contributed by atoms with Gasteiger partial charge in [-0.2, -0.15) is 0 Å². The van der Waals surface area contributed by atoms with E-state index in [-0.39, 0.29) is 12.5 Å². The number of carbonyl (C=O) groups excluding carboxylic acids is 1. The summed E-state index contributed by atoms with van der Waals surface area (Å²) in [4.78, 5) is 17.7. The number of hydrogen-bond acceptors (Lipinski definition) is 6. The van der Waals surface area contributed by atoms with Crippen molar-refractivity contribution in [2.45, 2.75) is 12.6 Å². The van der Waals surface area contributed by atoms with Crippen LogP contribution in [0.5, 0.6) is 17.4 Å². The summed E-state index contributed by atoms with van der Waals surface area (Å²) < 4.78 is 16.5. The van der Waals surface area contributed by atoms with Crippen molar-refractivity contribution >= 4 is 11.6 Å². The fourth-order valence-electron chi connectivity index (χ4n) is 2.41. The zero-order valence-electron chi connectivity index (χ0n) is 13.6. The van der Waals surface area contributed by atoms with E-state index in [2.05, 4.69) is 4.98 Å². The van der Waals surface area contributed by atoms with E-state index in [9.17, 15) is 4.79 Å². The average molecular weight is 329 g/mol. The van der Waals surface area contributed by atoms with Gasteiger partial charge in [0.15, 0.2) is 0 Å². The summed E-state index contributed by atoms with van der Waals surface area (Å²) in [5, 5.41) is 0. The summed E-state index contributed by atoms with van der Waals surface area (Å²) in [6.45, 7) is 0.517. The molecule has 3 rings (SSSR count). The number of hydrogen-bond donors (Lipinski definition) is 1. The Hall–Kier alpha value is -2.80. The summed E-state index contributed by atoms with van der Waals surface area (Å²) in [6, 6.07) is 8.33. The zero-order valence-corrected chi connectivity index (χ0v) is 13.6. The third kappa shape index (κ3) is 3.26. The normalized spacial score (nSPS) is 16.9. The Morgan fingerprint density at radius 3 is 3.00 bits per heavy atom. The predicted octanol–water partition coefficient (Wildman–Crippen LogP) is 1.35. The van der Waals surface area contributed by atoms with Gasteiger partial charge in [-0.05, 0) is 23.8 Å². The van der Waals surface area contributed by atoms with Gasteiger partial charge >= 0.3 is 0 Å². The molecule has 1 atom stereocenters. The van der Waals surface area contributed by atoms with Crippen LogP contribution < -0.4 is 24.8 Å². The molecule has 1 aromatic carbocycles. The average Bonchev–Trinajstić information content (AvgIpc) is 2.72. The Balaban J connectivity index is 1.77. The number of rotatable bonds is 4. The molecule has 0 unspecified atom stereocenters. The van der Waals surface area contributed by atoms with E-state index in [0.717, 1.165) is 5.56 Å². The van der Waals surface area contributed by atoms with E-state index in [1.807, 2.05) is 6.07 Å². The molecule has 2 aromatic rings. The van der Waals surface area contributed by atoms with Crippen LogP contribution in [0.2, 0.25) is 0 Å². The summed E-state index contributed by atoms with van der Waals surface area (Å²) in [7, 11) is 3.24. The molecule has 0 fully saturated rings. The first-order valence-electron chi connectivity index (χ1n) is 7.50. The highest BCUT2D eigenvalue weighted by molar-refractivity contribution is 5.98. The largest absolute Gasteiger partial charge is 0.489 e. The highest BCUT2D eigenvalue weighted by atomic mass is 16.5. The van der Waals surface area contributed by atoms with Gasteiger partial charge in [0, 0.05) is 25.4 Å². The number of ether oxygens (including phenoxy) is 3. The Labute approximate surface area is 139 Å². The molecule has 1 aromatic heterocycles. The van der Waals surface area contributed by atoms with Crippen LogP contribution in [0, 0.1) is 0 Å². The second-order valence-corrected chi connectivity index (χ2v) is 5.44. The van der Waals surface area contributed by atoms with Crippen LogP contribution in [-0.2, 0) is 11.4 Å². The second-order valence-electron chi connectivity index (χ2n) is 5.44. The third-order valence-electron chi connectivity index (χ3n) is 3.77. The topological polar surface area (TPSA) is 86.9 Å². The lowest BCUT2D eigenvalue weighted by Gasteiger charge is -2.18. The van der Waals surface area contributed by atoms with Gasteiger partial charge in [-0.15, -0.1) is 0 Å². The van der Waals surface area contributed by atoms with Crippen molar-refractivity contribution in [1.82, 2.24) is 4.98 Å². The fraction of sp³-hybridized carbons (Fsp3) is 0.294. The number of amides is 1. The van der Waals surface area contributed by atoms with Gasteiger partial charge in [0.1, 0.15) is 30.8 Å². The molecule has 7 heteroatoms. The number of fused-ring (bicyclic) bond motifs is 1. The molecule has 2 N–H and O–H groups in total. The van der Waals surface area contributed by atoms with Crippen LogP contribution >= 0.6 is 0 Å². The van der Waals surface area contributed by atoms with Gasteiger partial charge in [0.25, 0.3) is 0 Å². The smallest absolute Gasteiger partial charge is 0.247 e. The summed E-state index contributed by atoms with van der Waals surface area (Å²) >= 11 is 0. The van der Waals surface area contributed by atoms with Crippen molar-refractivity contribution in [2.24, 2.45) is 5.73 Å². The molecule has 1 aliphatic rings.